The summed E-state index contributed by atoms with van der Waals surface area (Å²) in [6.45, 7) is 3.86. The molecule has 0 aromatic heterocycles. The van der Waals surface area contributed by atoms with E-state index in [1.807, 2.05) is 13.8 Å². The highest BCUT2D eigenvalue weighted by Gasteiger charge is 2.31. The molecule has 0 heterocycles. The van der Waals surface area contributed by atoms with Crippen molar-refractivity contribution in [3.05, 3.63) is 35.4 Å². The third-order valence-corrected chi connectivity index (χ3v) is 3.57. The van der Waals surface area contributed by atoms with Crippen LogP contribution >= 0.6 is 12.4 Å². The normalized spacial score (nSPS) is 14.0. The summed E-state index contributed by atoms with van der Waals surface area (Å²) < 4.78 is 43.6. The molecular weight excluding hydrogens is 345 g/mol. The Morgan fingerprint density at radius 1 is 1.33 bits per heavy atom. The first kappa shape index (κ1) is 22.7. The number of halogens is 4. The van der Waals surface area contributed by atoms with Crippen LogP contribution < -0.4 is 11.1 Å². The minimum Gasteiger partial charge on any atom is -0.380 e. The van der Waals surface area contributed by atoms with Gasteiger partial charge in [-0.3, -0.25) is 4.79 Å². The molecule has 2 unspecified atom stereocenters. The van der Waals surface area contributed by atoms with E-state index in [9.17, 15) is 18.0 Å². The van der Waals surface area contributed by atoms with Gasteiger partial charge < -0.3 is 15.8 Å². The fraction of sp³-hybridized carbons (Fsp3) is 0.562. The van der Waals surface area contributed by atoms with Crippen LogP contribution in [-0.4, -0.2) is 25.7 Å². The Morgan fingerprint density at radius 3 is 2.42 bits per heavy atom. The molecule has 1 rings (SSSR count). The molecule has 3 N–H and O–H groups in total. The van der Waals surface area contributed by atoms with Crippen molar-refractivity contribution >= 4 is 18.3 Å². The quantitative estimate of drug-likeness (QED) is 0.776. The van der Waals surface area contributed by atoms with E-state index in [2.05, 4.69) is 5.32 Å². The number of alkyl halides is 3. The van der Waals surface area contributed by atoms with Crippen LogP contribution in [-0.2, 0) is 15.7 Å². The zero-order valence-electron chi connectivity index (χ0n) is 13.9. The van der Waals surface area contributed by atoms with Crippen molar-refractivity contribution in [2.24, 2.45) is 11.7 Å². The van der Waals surface area contributed by atoms with Gasteiger partial charge in [0.25, 0.3) is 0 Å². The largest absolute Gasteiger partial charge is 0.416 e. The first-order valence-corrected chi connectivity index (χ1v) is 7.38. The number of benzene rings is 1. The molecule has 0 saturated carbocycles. The van der Waals surface area contributed by atoms with Crippen molar-refractivity contribution in [2.45, 2.75) is 38.6 Å². The third kappa shape index (κ3) is 6.67. The molecule has 1 aromatic rings. The highest BCUT2D eigenvalue weighted by molar-refractivity contribution is 5.85. The standard InChI is InChI=1S/C16H23F3N2O2.ClH/c1-10(2)15(21-14(22)8-13(9-20)23-3)11-5-4-6-12(7-11)16(17,18)19;/h4-7,10,13,15H,8-9,20H2,1-3H3,(H,21,22);1H. The summed E-state index contributed by atoms with van der Waals surface area (Å²) in [4.78, 5) is 12.1. The Morgan fingerprint density at radius 2 is 1.96 bits per heavy atom. The number of hydrogen-bond donors (Lipinski definition) is 2. The maximum atomic E-state index is 12.8. The summed E-state index contributed by atoms with van der Waals surface area (Å²) in [5.74, 6) is -0.375. The van der Waals surface area contributed by atoms with Crippen LogP contribution in [0.1, 0.15) is 37.4 Å². The van der Waals surface area contributed by atoms with Crippen molar-refractivity contribution in [1.82, 2.24) is 5.32 Å². The Labute approximate surface area is 146 Å². The molecule has 0 radical (unpaired) electrons. The van der Waals surface area contributed by atoms with Crippen molar-refractivity contribution < 1.29 is 22.7 Å². The Balaban J connectivity index is 0.00000529. The fourth-order valence-corrected chi connectivity index (χ4v) is 2.25. The van der Waals surface area contributed by atoms with E-state index in [0.29, 0.717) is 5.56 Å². The van der Waals surface area contributed by atoms with E-state index in [1.54, 1.807) is 6.07 Å². The van der Waals surface area contributed by atoms with Gasteiger partial charge in [0.05, 0.1) is 24.1 Å². The van der Waals surface area contributed by atoms with Gasteiger partial charge in [0.1, 0.15) is 0 Å². The molecule has 8 heteroatoms. The van der Waals surface area contributed by atoms with Crippen LogP contribution in [0.2, 0.25) is 0 Å². The van der Waals surface area contributed by atoms with Crippen molar-refractivity contribution in [2.75, 3.05) is 13.7 Å². The fourth-order valence-electron chi connectivity index (χ4n) is 2.25. The maximum Gasteiger partial charge on any atom is 0.416 e. The van der Waals surface area contributed by atoms with Crippen LogP contribution in [0.15, 0.2) is 24.3 Å². The number of rotatable bonds is 7. The van der Waals surface area contributed by atoms with E-state index in [1.165, 1.54) is 13.2 Å². The Hall–Kier alpha value is -1.31. The minimum atomic E-state index is -4.41. The molecular formula is C16H24ClF3N2O2. The van der Waals surface area contributed by atoms with Gasteiger partial charge in [-0.1, -0.05) is 26.0 Å². The van der Waals surface area contributed by atoms with Gasteiger partial charge in [0.15, 0.2) is 0 Å². The number of amides is 1. The van der Waals surface area contributed by atoms with Crippen molar-refractivity contribution in [1.29, 1.82) is 0 Å². The monoisotopic (exact) mass is 368 g/mol. The van der Waals surface area contributed by atoms with E-state index in [0.717, 1.165) is 12.1 Å². The second-order valence-electron chi connectivity index (χ2n) is 5.71. The molecule has 0 bridgehead atoms. The predicted molar refractivity (Wildman–Crippen MR) is 88.9 cm³/mol. The van der Waals surface area contributed by atoms with E-state index in [4.69, 9.17) is 10.5 Å². The molecule has 24 heavy (non-hydrogen) atoms. The summed E-state index contributed by atoms with van der Waals surface area (Å²) in [6, 6.07) is 4.49. The molecule has 0 aliphatic heterocycles. The van der Waals surface area contributed by atoms with Crippen LogP contribution in [0.5, 0.6) is 0 Å². The number of nitrogens with one attached hydrogen (secondary N) is 1. The second-order valence-corrected chi connectivity index (χ2v) is 5.71. The third-order valence-electron chi connectivity index (χ3n) is 3.57. The summed E-state index contributed by atoms with van der Waals surface area (Å²) in [5, 5.41) is 2.77. The average molecular weight is 369 g/mol. The Kier molecular flexibility index (Phi) is 9.32. The molecule has 1 aromatic carbocycles. The molecule has 0 saturated heterocycles. The number of hydrogen-bond acceptors (Lipinski definition) is 3. The SMILES string of the molecule is COC(CN)CC(=O)NC(c1cccc(C(F)(F)F)c1)C(C)C.Cl. The van der Waals surface area contributed by atoms with Gasteiger partial charge in [-0.25, -0.2) is 0 Å². The lowest BCUT2D eigenvalue weighted by Crippen LogP contribution is -2.36. The topological polar surface area (TPSA) is 64.3 Å². The maximum absolute atomic E-state index is 12.8. The van der Waals surface area contributed by atoms with Gasteiger partial charge in [-0.05, 0) is 23.6 Å². The van der Waals surface area contributed by atoms with Crippen LogP contribution in [0.25, 0.3) is 0 Å². The predicted octanol–water partition coefficient (Wildman–Crippen LogP) is 3.30. The van der Waals surface area contributed by atoms with Gasteiger partial charge in [-0.2, -0.15) is 13.2 Å². The zero-order chi connectivity index (χ0) is 17.6. The van der Waals surface area contributed by atoms with Gasteiger partial charge in [-0.15, -0.1) is 12.4 Å². The van der Waals surface area contributed by atoms with Crippen molar-refractivity contribution in [3.8, 4) is 0 Å². The van der Waals surface area contributed by atoms with Crippen molar-refractivity contribution in [3.63, 3.8) is 0 Å². The molecule has 4 nitrogen and oxygen atoms in total. The number of carbonyl (C=O) groups excluding carboxylic acids is 1. The molecule has 2 atom stereocenters. The summed E-state index contributed by atoms with van der Waals surface area (Å²) >= 11 is 0. The first-order chi connectivity index (χ1) is 10.7. The zero-order valence-corrected chi connectivity index (χ0v) is 14.7. The number of carbonyl (C=O) groups is 1. The highest BCUT2D eigenvalue weighted by Crippen LogP contribution is 2.32. The molecule has 0 aliphatic carbocycles. The lowest BCUT2D eigenvalue weighted by molar-refractivity contribution is -0.137. The van der Waals surface area contributed by atoms with Crippen LogP contribution in [0.4, 0.5) is 13.2 Å². The van der Waals surface area contributed by atoms with Gasteiger partial charge in [0, 0.05) is 13.7 Å². The first-order valence-electron chi connectivity index (χ1n) is 7.38. The molecule has 1 amide bonds. The summed E-state index contributed by atoms with van der Waals surface area (Å²) in [7, 11) is 1.46. The Bertz CT molecular complexity index is 520. The molecule has 0 spiro atoms. The molecule has 138 valence electrons. The summed E-state index contributed by atoms with van der Waals surface area (Å²) in [5.41, 5.74) is 5.16. The van der Waals surface area contributed by atoms with Gasteiger partial charge >= 0.3 is 6.18 Å². The minimum absolute atomic E-state index is 0. The lowest BCUT2D eigenvalue weighted by Gasteiger charge is -2.24. The number of methoxy groups -OCH3 is 1. The average Bonchev–Trinajstić information content (AvgIpc) is 2.49. The van der Waals surface area contributed by atoms with Gasteiger partial charge in [0.2, 0.25) is 5.91 Å². The number of nitrogens with two attached hydrogens (primary N) is 1. The smallest absolute Gasteiger partial charge is 0.380 e. The van der Waals surface area contributed by atoms with Crippen LogP contribution in [0.3, 0.4) is 0 Å². The second kappa shape index (κ2) is 9.86. The van der Waals surface area contributed by atoms with Crippen LogP contribution in [0, 0.1) is 5.92 Å². The molecule has 0 fully saturated rings. The highest BCUT2D eigenvalue weighted by atomic mass is 35.5. The van der Waals surface area contributed by atoms with E-state index in [-0.39, 0.29) is 37.2 Å². The number of ether oxygens (including phenoxy) is 1. The van der Waals surface area contributed by atoms with E-state index < -0.39 is 23.9 Å². The lowest BCUT2D eigenvalue weighted by atomic mass is 9.94. The molecule has 0 aliphatic rings. The van der Waals surface area contributed by atoms with E-state index >= 15 is 0 Å². The summed E-state index contributed by atoms with van der Waals surface area (Å²) in [6.07, 6.45) is -4.76.